The molecule has 0 fully saturated rings. The summed E-state index contributed by atoms with van der Waals surface area (Å²) in [6, 6.07) is 10.3. The Morgan fingerprint density at radius 1 is 1.05 bits per heavy atom. The van der Waals surface area contributed by atoms with Gasteiger partial charge in [0.1, 0.15) is 22.8 Å². The van der Waals surface area contributed by atoms with E-state index in [9.17, 15) is 8.78 Å². The first kappa shape index (κ1) is 13.6. The molecule has 2 nitrogen and oxygen atoms in total. The molecule has 0 aliphatic rings. The van der Waals surface area contributed by atoms with Crippen molar-refractivity contribution in [3.63, 3.8) is 0 Å². The fourth-order valence-electron chi connectivity index (χ4n) is 2.44. The van der Waals surface area contributed by atoms with E-state index in [1.165, 1.54) is 12.1 Å². The smallest absolute Gasteiger partial charge is 0.152 e. The summed E-state index contributed by atoms with van der Waals surface area (Å²) in [6.45, 7) is 3.76. The molecule has 3 aromatic rings. The van der Waals surface area contributed by atoms with E-state index in [0.717, 1.165) is 22.3 Å². The van der Waals surface area contributed by atoms with Gasteiger partial charge in [0, 0.05) is 17.5 Å². The molecule has 3 rings (SSSR count). The molecule has 1 heterocycles. The zero-order chi connectivity index (χ0) is 15.0. The van der Waals surface area contributed by atoms with Gasteiger partial charge < -0.3 is 9.73 Å². The monoisotopic (exact) mass is 287 g/mol. The van der Waals surface area contributed by atoms with Gasteiger partial charge in [0.05, 0.1) is 0 Å². The lowest BCUT2D eigenvalue weighted by Gasteiger charge is -2.10. The molecule has 4 heteroatoms. The highest BCUT2D eigenvalue weighted by Crippen LogP contribution is 2.27. The van der Waals surface area contributed by atoms with Gasteiger partial charge in [0.25, 0.3) is 0 Å². The van der Waals surface area contributed by atoms with Crippen LogP contribution >= 0.6 is 0 Å². The molecular formula is C17H15F2NO. The van der Waals surface area contributed by atoms with E-state index in [0.29, 0.717) is 12.1 Å². The van der Waals surface area contributed by atoms with E-state index in [1.54, 1.807) is 6.92 Å². The lowest BCUT2D eigenvalue weighted by atomic mass is 10.1. The summed E-state index contributed by atoms with van der Waals surface area (Å²) in [5.41, 5.74) is 2.00. The third-order valence-electron chi connectivity index (χ3n) is 3.63. The maximum absolute atomic E-state index is 14.0. The zero-order valence-corrected chi connectivity index (χ0v) is 11.8. The van der Waals surface area contributed by atoms with E-state index in [1.807, 2.05) is 31.2 Å². The summed E-state index contributed by atoms with van der Waals surface area (Å²) in [7, 11) is 0. The topological polar surface area (TPSA) is 25.2 Å². The molecule has 0 aliphatic heterocycles. The Morgan fingerprint density at radius 3 is 2.62 bits per heavy atom. The molecule has 0 radical (unpaired) electrons. The molecule has 0 saturated heterocycles. The Labute approximate surface area is 121 Å². The summed E-state index contributed by atoms with van der Waals surface area (Å²) >= 11 is 0. The van der Waals surface area contributed by atoms with Crippen LogP contribution in [0.25, 0.3) is 11.0 Å². The first-order valence-electron chi connectivity index (χ1n) is 6.73. The Bertz CT molecular complexity index is 808. The first-order chi connectivity index (χ1) is 10.1. The minimum absolute atomic E-state index is 0.0975. The Morgan fingerprint density at radius 2 is 1.81 bits per heavy atom. The lowest BCUT2D eigenvalue weighted by molar-refractivity contribution is 0.570. The largest absolute Gasteiger partial charge is 0.461 e. The van der Waals surface area contributed by atoms with Crippen molar-refractivity contribution < 1.29 is 13.2 Å². The third-order valence-corrected chi connectivity index (χ3v) is 3.63. The molecule has 0 aliphatic carbocycles. The first-order valence-corrected chi connectivity index (χ1v) is 6.73. The lowest BCUT2D eigenvalue weighted by Crippen LogP contribution is -2.05. The summed E-state index contributed by atoms with van der Waals surface area (Å²) in [4.78, 5) is 0. The number of nitrogens with one attached hydrogen (secondary N) is 1. The van der Waals surface area contributed by atoms with Crippen LogP contribution in [-0.2, 0) is 6.54 Å². The minimum Gasteiger partial charge on any atom is -0.461 e. The number of hydrogen-bond acceptors (Lipinski definition) is 2. The Balaban J connectivity index is 1.94. The van der Waals surface area contributed by atoms with Gasteiger partial charge in [0.15, 0.2) is 5.82 Å². The summed E-state index contributed by atoms with van der Waals surface area (Å²) in [6.07, 6.45) is 0. The van der Waals surface area contributed by atoms with Crippen molar-refractivity contribution in [1.82, 2.24) is 0 Å². The van der Waals surface area contributed by atoms with E-state index >= 15 is 0 Å². The van der Waals surface area contributed by atoms with Crippen molar-refractivity contribution >= 4 is 16.7 Å². The van der Waals surface area contributed by atoms with E-state index < -0.39 is 11.6 Å². The van der Waals surface area contributed by atoms with Crippen LogP contribution in [0.1, 0.15) is 16.9 Å². The van der Waals surface area contributed by atoms with Crippen LogP contribution in [0, 0.1) is 25.5 Å². The average molecular weight is 287 g/mol. The molecule has 2 aromatic carbocycles. The van der Waals surface area contributed by atoms with Crippen LogP contribution in [0.4, 0.5) is 14.5 Å². The Kier molecular flexibility index (Phi) is 3.37. The quantitative estimate of drug-likeness (QED) is 0.738. The molecule has 0 atom stereocenters. The van der Waals surface area contributed by atoms with Gasteiger partial charge in [-0.05, 0) is 31.5 Å². The number of furan rings is 1. The normalized spacial score (nSPS) is 11.0. The highest BCUT2D eigenvalue weighted by molar-refractivity contribution is 5.82. The second-order valence-corrected chi connectivity index (χ2v) is 5.04. The van der Waals surface area contributed by atoms with E-state index in [4.69, 9.17) is 4.42 Å². The van der Waals surface area contributed by atoms with Gasteiger partial charge in [-0.3, -0.25) is 0 Å². The zero-order valence-electron chi connectivity index (χ0n) is 11.8. The van der Waals surface area contributed by atoms with Gasteiger partial charge in [-0.15, -0.1) is 0 Å². The third kappa shape index (κ3) is 2.37. The molecule has 108 valence electrons. The molecule has 0 saturated carbocycles. The number of hydrogen-bond donors (Lipinski definition) is 1. The number of para-hydroxylation sites is 1. The van der Waals surface area contributed by atoms with Crippen LogP contribution < -0.4 is 5.32 Å². The van der Waals surface area contributed by atoms with Crippen molar-refractivity contribution in [2.24, 2.45) is 0 Å². The van der Waals surface area contributed by atoms with Crippen molar-refractivity contribution in [2.75, 3.05) is 5.32 Å². The average Bonchev–Trinajstić information content (AvgIpc) is 2.79. The van der Waals surface area contributed by atoms with Crippen LogP contribution in [-0.4, -0.2) is 0 Å². The minimum atomic E-state index is -0.594. The summed E-state index contributed by atoms with van der Waals surface area (Å²) in [5.74, 6) is -0.402. The highest BCUT2D eigenvalue weighted by Gasteiger charge is 2.14. The van der Waals surface area contributed by atoms with Crippen LogP contribution in [0.15, 0.2) is 40.8 Å². The molecule has 1 aromatic heterocycles. The molecule has 0 unspecified atom stereocenters. The molecule has 0 bridgehead atoms. The van der Waals surface area contributed by atoms with Crippen molar-refractivity contribution in [3.8, 4) is 0 Å². The summed E-state index contributed by atoms with van der Waals surface area (Å²) < 4.78 is 33.4. The second kappa shape index (κ2) is 5.20. The van der Waals surface area contributed by atoms with Crippen molar-refractivity contribution in [1.29, 1.82) is 0 Å². The number of benzene rings is 2. The molecular weight excluding hydrogens is 272 g/mol. The number of halogens is 2. The molecule has 21 heavy (non-hydrogen) atoms. The standard InChI is InChI=1S/C17H15F2NO/c1-10-7-8-14(18)17(16(10)19)20-9-13-11(2)21-15-6-4-3-5-12(13)15/h3-8,20H,9H2,1-2H3. The van der Waals surface area contributed by atoms with Gasteiger partial charge in [-0.2, -0.15) is 0 Å². The maximum atomic E-state index is 14.0. The maximum Gasteiger partial charge on any atom is 0.152 e. The van der Waals surface area contributed by atoms with Crippen LogP contribution in [0.2, 0.25) is 0 Å². The fourth-order valence-corrected chi connectivity index (χ4v) is 2.44. The van der Waals surface area contributed by atoms with Crippen LogP contribution in [0.3, 0.4) is 0 Å². The highest BCUT2D eigenvalue weighted by atomic mass is 19.1. The summed E-state index contributed by atoms with van der Waals surface area (Å²) in [5, 5.41) is 3.80. The van der Waals surface area contributed by atoms with Crippen molar-refractivity contribution in [2.45, 2.75) is 20.4 Å². The number of fused-ring (bicyclic) bond motifs is 1. The second-order valence-electron chi connectivity index (χ2n) is 5.04. The molecule has 0 amide bonds. The molecule has 0 spiro atoms. The van der Waals surface area contributed by atoms with E-state index in [2.05, 4.69) is 5.32 Å². The number of anilines is 1. The van der Waals surface area contributed by atoms with Crippen LogP contribution in [0.5, 0.6) is 0 Å². The van der Waals surface area contributed by atoms with Gasteiger partial charge in [0.2, 0.25) is 0 Å². The fraction of sp³-hybridized carbons (Fsp3) is 0.176. The van der Waals surface area contributed by atoms with E-state index in [-0.39, 0.29) is 5.69 Å². The predicted octanol–water partition coefficient (Wildman–Crippen LogP) is 4.94. The Hall–Kier alpha value is -2.36. The number of rotatable bonds is 3. The number of aryl methyl sites for hydroxylation is 2. The predicted molar refractivity (Wildman–Crippen MR) is 79.4 cm³/mol. The van der Waals surface area contributed by atoms with Gasteiger partial charge >= 0.3 is 0 Å². The van der Waals surface area contributed by atoms with Gasteiger partial charge in [-0.1, -0.05) is 24.3 Å². The SMILES string of the molecule is Cc1ccc(F)c(NCc2c(C)oc3ccccc23)c1F. The molecule has 1 N–H and O–H groups in total. The van der Waals surface area contributed by atoms with Crippen molar-refractivity contribution in [3.05, 3.63) is 64.9 Å². The van der Waals surface area contributed by atoms with Gasteiger partial charge in [-0.25, -0.2) is 8.78 Å².